The highest BCUT2D eigenvalue weighted by Crippen LogP contribution is 2.20. The van der Waals surface area contributed by atoms with Gasteiger partial charge in [-0.2, -0.15) is 5.10 Å². The highest BCUT2D eigenvalue weighted by molar-refractivity contribution is 6.04. The number of aromatic amines is 1. The Labute approximate surface area is 141 Å². The van der Waals surface area contributed by atoms with Gasteiger partial charge in [0.1, 0.15) is 0 Å². The van der Waals surface area contributed by atoms with Crippen LogP contribution in [0, 0.1) is 6.92 Å². The maximum absolute atomic E-state index is 12.3. The number of benzene rings is 2. The lowest BCUT2D eigenvalue weighted by molar-refractivity contribution is 0.102. The van der Waals surface area contributed by atoms with Gasteiger partial charge in [-0.15, -0.1) is 0 Å². The summed E-state index contributed by atoms with van der Waals surface area (Å²) in [5.41, 5.74) is 5.37. The van der Waals surface area contributed by atoms with Crippen LogP contribution in [-0.4, -0.2) is 30.2 Å². The van der Waals surface area contributed by atoms with E-state index in [0.717, 1.165) is 28.3 Å². The molecule has 0 aliphatic carbocycles. The van der Waals surface area contributed by atoms with Crippen molar-refractivity contribution < 1.29 is 4.79 Å². The van der Waals surface area contributed by atoms with Crippen LogP contribution in [-0.2, 0) is 0 Å². The zero-order valence-electron chi connectivity index (χ0n) is 14.0. The molecule has 0 spiro atoms. The van der Waals surface area contributed by atoms with Crippen LogP contribution in [0.3, 0.4) is 0 Å². The van der Waals surface area contributed by atoms with E-state index in [1.54, 1.807) is 0 Å². The quantitative estimate of drug-likeness (QED) is 0.770. The number of anilines is 2. The second-order valence-electron chi connectivity index (χ2n) is 5.91. The molecule has 0 aliphatic rings. The minimum Gasteiger partial charge on any atom is -0.378 e. The molecule has 0 radical (unpaired) electrons. The minimum absolute atomic E-state index is 0.122. The molecule has 3 rings (SSSR count). The fraction of sp³-hybridized carbons (Fsp3) is 0.158. The smallest absolute Gasteiger partial charge is 0.255 e. The van der Waals surface area contributed by atoms with E-state index in [-0.39, 0.29) is 5.91 Å². The average molecular weight is 320 g/mol. The van der Waals surface area contributed by atoms with Gasteiger partial charge in [-0.3, -0.25) is 9.89 Å². The van der Waals surface area contributed by atoms with Crippen LogP contribution < -0.4 is 10.2 Å². The molecule has 0 unspecified atom stereocenters. The lowest BCUT2D eigenvalue weighted by Gasteiger charge is -2.12. The molecular formula is C19H20N4O. The summed E-state index contributed by atoms with van der Waals surface area (Å²) in [6.07, 6.45) is 0. The van der Waals surface area contributed by atoms with Crippen molar-refractivity contribution in [2.24, 2.45) is 0 Å². The van der Waals surface area contributed by atoms with E-state index in [9.17, 15) is 4.79 Å². The van der Waals surface area contributed by atoms with E-state index in [2.05, 4.69) is 15.5 Å². The van der Waals surface area contributed by atoms with E-state index >= 15 is 0 Å². The topological polar surface area (TPSA) is 61.0 Å². The second-order valence-corrected chi connectivity index (χ2v) is 5.91. The molecule has 0 aliphatic heterocycles. The molecule has 2 N–H and O–H groups in total. The molecule has 1 aromatic heterocycles. The van der Waals surface area contributed by atoms with Crippen molar-refractivity contribution in [2.45, 2.75) is 6.92 Å². The molecule has 0 saturated carbocycles. The van der Waals surface area contributed by atoms with E-state index < -0.39 is 0 Å². The van der Waals surface area contributed by atoms with Crippen LogP contribution in [0.2, 0.25) is 0 Å². The summed E-state index contributed by atoms with van der Waals surface area (Å²) in [7, 11) is 3.94. The van der Waals surface area contributed by atoms with Crippen molar-refractivity contribution in [3.05, 3.63) is 65.9 Å². The van der Waals surface area contributed by atoms with Crippen LogP contribution in [0.15, 0.2) is 54.6 Å². The van der Waals surface area contributed by atoms with Crippen molar-refractivity contribution in [2.75, 3.05) is 24.3 Å². The number of nitrogens with zero attached hydrogens (tertiary/aromatic N) is 2. The largest absolute Gasteiger partial charge is 0.378 e. The SMILES string of the molecule is Cc1cc(-c2ccc(NC(=O)c3ccc(N(C)C)cc3)cc2)n[nH]1. The number of carbonyl (C=O) groups is 1. The van der Waals surface area contributed by atoms with E-state index in [1.165, 1.54) is 0 Å². The van der Waals surface area contributed by atoms with Gasteiger partial charge in [0.15, 0.2) is 0 Å². The van der Waals surface area contributed by atoms with Crippen LogP contribution in [0.5, 0.6) is 0 Å². The van der Waals surface area contributed by atoms with Crippen molar-refractivity contribution in [3.63, 3.8) is 0 Å². The van der Waals surface area contributed by atoms with Gasteiger partial charge < -0.3 is 10.2 Å². The Hall–Kier alpha value is -3.08. The predicted octanol–water partition coefficient (Wildman–Crippen LogP) is 3.70. The highest BCUT2D eigenvalue weighted by atomic mass is 16.1. The number of nitrogens with one attached hydrogen (secondary N) is 2. The second kappa shape index (κ2) is 6.58. The van der Waals surface area contributed by atoms with Gasteiger partial charge in [-0.25, -0.2) is 0 Å². The van der Waals surface area contributed by atoms with Crippen LogP contribution in [0.4, 0.5) is 11.4 Å². The number of amides is 1. The van der Waals surface area contributed by atoms with Crippen molar-refractivity contribution in [1.82, 2.24) is 10.2 Å². The van der Waals surface area contributed by atoms with Gasteiger partial charge in [-0.1, -0.05) is 12.1 Å². The van der Waals surface area contributed by atoms with Gasteiger partial charge in [0.2, 0.25) is 0 Å². The molecule has 0 bridgehead atoms. The number of carbonyl (C=O) groups excluding carboxylic acids is 1. The highest BCUT2D eigenvalue weighted by Gasteiger charge is 2.07. The van der Waals surface area contributed by atoms with E-state index in [4.69, 9.17) is 0 Å². The zero-order valence-corrected chi connectivity index (χ0v) is 14.0. The van der Waals surface area contributed by atoms with Crippen LogP contribution >= 0.6 is 0 Å². The van der Waals surface area contributed by atoms with Gasteiger partial charge >= 0.3 is 0 Å². The molecule has 24 heavy (non-hydrogen) atoms. The first-order valence-electron chi connectivity index (χ1n) is 7.74. The molecule has 122 valence electrons. The maximum Gasteiger partial charge on any atom is 0.255 e. The van der Waals surface area contributed by atoms with E-state index in [1.807, 2.05) is 80.5 Å². The molecule has 0 atom stereocenters. The molecule has 2 aromatic carbocycles. The number of H-pyrrole nitrogens is 1. The predicted molar refractivity (Wildman–Crippen MR) is 97.5 cm³/mol. The summed E-state index contributed by atoms with van der Waals surface area (Å²) in [5.74, 6) is -0.122. The lowest BCUT2D eigenvalue weighted by atomic mass is 10.1. The summed E-state index contributed by atoms with van der Waals surface area (Å²) in [5, 5.41) is 10.1. The molecule has 3 aromatic rings. The molecule has 0 saturated heterocycles. The van der Waals surface area contributed by atoms with Gasteiger partial charge in [0, 0.05) is 42.3 Å². The Morgan fingerprint density at radius 1 is 1.04 bits per heavy atom. The third-order valence-corrected chi connectivity index (χ3v) is 3.79. The monoisotopic (exact) mass is 320 g/mol. The normalized spacial score (nSPS) is 10.5. The summed E-state index contributed by atoms with van der Waals surface area (Å²) in [6, 6.07) is 17.1. The number of aromatic nitrogens is 2. The first-order valence-corrected chi connectivity index (χ1v) is 7.74. The van der Waals surface area contributed by atoms with Gasteiger partial charge in [-0.05, 0) is 49.4 Å². The third-order valence-electron chi connectivity index (χ3n) is 3.79. The summed E-state index contributed by atoms with van der Waals surface area (Å²) in [4.78, 5) is 14.3. The Balaban J connectivity index is 1.70. The number of hydrogen-bond acceptors (Lipinski definition) is 3. The molecule has 5 heteroatoms. The number of hydrogen-bond donors (Lipinski definition) is 2. The summed E-state index contributed by atoms with van der Waals surface area (Å²) < 4.78 is 0. The molecule has 5 nitrogen and oxygen atoms in total. The molecule has 1 amide bonds. The fourth-order valence-corrected chi connectivity index (χ4v) is 2.40. The minimum atomic E-state index is -0.122. The number of aryl methyl sites for hydroxylation is 1. The maximum atomic E-state index is 12.3. The zero-order chi connectivity index (χ0) is 17.1. The summed E-state index contributed by atoms with van der Waals surface area (Å²) >= 11 is 0. The molecule has 1 heterocycles. The number of rotatable bonds is 4. The van der Waals surface area contributed by atoms with Crippen molar-refractivity contribution in [1.29, 1.82) is 0 Å². The van der Waals surface area contributed by atoms with Gasteiger partial charge in [0.25, 0.3) is 5.91 Å². The molecule has 0 fully saturated rings. The van der Waals surface area contributed by atoms with Crippen molar-refractivity contribution in [3.8, 4) is 11.3 Å². The lowest BCUT2D eigenvalue weighted by Crippen LogP contribution is -2.13. The Kier molecular flexibility index (Phi) is 4.33. The standard InChI is InChI=1S/C19H20N4O/c1-13-12-18(22-21-13)14-4-8-16(9-5-14)20-19(24)15-6-10-17(11-7-15)23(2)3/h4-12H,1-3H3,(H,20,24)(H,21,22). The first kappa shape index (κ1) is 15.8. The first-order chi connectivity index (χ1) is 11.5. The van der Waals surface area contributed by atoms with E-state index in [0.29, 0.717) is 5.56 Å². The average Bonchev–Trinajstić information content (AvgIpc) is 3.02. The fourth-order valence-electron chi connectivity index (χ4n) is 2.40. The third kappa shape index (κ3) is 3.46. The Morgan fingerprint density at radius 3 is 2.25 bits per heavy atom. The molecular weight excluding hydrogens is 300 g/mol. The Bertz CT molecular complexity index is 833. The summed E-state index contributed by atoms with van der Waals surface area (Å²) in [6.45, 7) is 1.96. The Morgan fingerprint density at radius 2 is 1.71 bits per heavy atom. The van der Waals surface area contributed by atoms with Crippen molar-refractivity contribution >= 4 is 17.3 Å². The van der Waals surface area contributed by atoms with Crippen LogP contribution in [0.25, 0.3) is 11.3 Å². The van der Waals surface area contributed by atoms with Gasteiger partial charge in [0.05, 0.1) is 5.69 Å². The van der Waals surface area contributed by atoms with Crippen LogP contribution in [0.1, 0.15) is 16.1 Å².